The molecule has 86 valence electrons. The molecule has 0 atom stereocenters. The molecule has 2 N–H and O–H groups in total. The van der Waals surface area contributed by atoms with E-state index in [0.717, 1.165) is 6.07 Å². The van der Waals surface area contributed by atoms with Crippen molar-refractivity contribution in [2.75, 3.05) is 0 Å². The molecule has 0 saturated heterocycles. The van der Waals surface area contributed by atoms with Gasteiger partial charge >= 0.3 is 0 Å². The first-order valence-electron chi connectivity index (χ1n) is 4.91. The smallest absolute Gasteiger partial charge is 0.152 e. The van der Waals surface area contributed by atoms with Gasteiger partial charge in [0.1, 0.15) is 17.2 Å². The van der Waals surface area contributed by atoms with E-state index in [-0.39, 0.29) is 11.0 Å². The molecule has 0 amide bonds. The molecule has 5 heteroatoms. The molecule has 0 bridgehead atoms. The fourth-order valence-electron chi connectivity index (χ4n) is 1.84. The molecule has 0 aliphatic rings. The van der Waals surface area contributed by atoms with E-state index in [9.17, 15) is 8.78 Å². The van der Waals surface area contributed by atoms with Gasteiger partial charge in [0.2, 0.25) is 0 Å². The molecule has 0 aliphatic carbocycles. The van der Waals surface area contributed by atoms with Crippen molar-refractivity contribution in [2.24, 2.45) is 12.8 Å². The van der Waals surface area contributed by atoms with Gasteiger partial charge in [0.25, 0.3) is 0 Å². The first-order chi connectivity index (χ1) is 7.30. The van der Waals surface area contributed by atoms with Crippen molar-refractivity contribution < 1.29 is 8.78 Å². The highest BCUT2D eigenvalue weighted by atomic mass is 19.1. The maximum atomic E-state index is 13.6. The molecule has 0 aliphatic heterocycles. The minimum absolute atomic E-state index is 0.273. The Bertz CT molecular complexity index is 552. The average molecular weight is 225 g/mol. The predicted octanol–water partition coefficient (Wildman–Crippen LogP) is 2.05. The molecule has 16 heavy (non-hydrogen) atoms. The normalized spacial score (nSPS) is 12.4. The Hall–Kier alpha value is -1.49. The van der Waals surface area contributed by atoms with E-state index in [2.05, 4.69) is 4.98 Å². The van der Waals surface area contributed by atoms with Crippen LogP contribution in [-0.2, 0) is 12.6 Å². The van der Waals surface area contributed by atoms with Crippen molar-refractivity contribution in [3.63, 3.8) is 0 Å². The molecular weight excluding hydrogens is 212 g/mol. The van der Waals surface area contributed by atoms with Gasteiger partial charge in [-0.15, -0.1) is 0 Å². The zero-order valence-electron chi connectivity index (χ0n) is 9.38. The minimum Gasteiger partial charge on any atom is -0.327 e. The van der Waals surface area contributed by atoms with E-state index in [1.165, 1.54) is 6.07 Å². The van der Waals surface area contributed by atoms with Gasteiger partial charge in [-0.1, -0.05) is 0 Å². The number of benzene rings is 1. The van der Waals surface area contributed by atoms with Crippen LogP contribution in [0.3, 0.4) is 0 Å². The van der Waals surface area contributed by atoms with Crippen LogP contribution in [0.25, 0.3) is 11.0 Å². The molecule has 0 radical (unpaired) electrons. The Kier molecular flexibility index (Phi) is 2.24. The molecule has 3 nitrogen and oxygen atoms in total. The summed E-state index contributed by atoms with van der Waals surface area (Å²) in [6.07, 6.45) is 0. The molecule has 2 rings (SSSR count). The Morgan fingerprint density at radius 3 is 2.50 bits per heavy atom. The van der Waals surface area contributed by atoms with Crippen LogP contribution in [0.1, 0.15) is 19.7 Å². The molecule has 0 unspecified atom stereocenters. The monoisotopic (exact) mass is 225 g/mol. The Morgan fingerprint density at radius 1 is 1.31 bits per heavy atom. The Labute approximate surface area is 91.9 Å². The number of fused-ring (bicyclic) bond motifs is 1. The van der Waals surface area contributed by atoms with Crippen LogP contribution < -0.4 is 5.73 Å². The topological polar surface area (TPSA) is 43.8 Å². The second kappa shape index (κ2) is 3.25. The molecule has 2 aromatic rings. The minimum atomic E-state index is -0.698. The van der Waals surface area contributed by atoms with Crippen molar-refractivity contribution >= 4 is 11.0 Å². The van der Waals surface area contributed by atoms with Crippen LogP contribution in [0.2, 0.25) is 0 Å². The first-order valence-corrected chi connectivity index (χ1v) is 4.91. The van der Waals surface area contributed by atoms with Crippen molar-refractivity contribution in [1.29, 1.82) is 0 Å². The number of imidazole rings is 1. The van der Waals surface area contributed by atoms with Crippen molar-refractivity contribution in [3.05, 3.63) is 29.6 Å². The Morgan fingerprint density at radius 2 is 1.94 bits per heavy atom. The van der Waals surface area contributed by atoms with Crippen molar-refractivity contribution in [3.8, 4) is 0 Å². The quantitative estimate of drug-likeness (QED) is 0.807. The fourth-order valence-corrected chi connectivity index (χ4v) is 1.84. The number of hydrogen-bond donors (Lipinski definition) is 1. The standard InChI is InChI=1S/C11H13F2N3/c1-11(2,14)10-15-8-5-6(12)4-7(13)9(8)16(10)3/h4-5H,14H2,1-3H3. The van der Waals surface area contributed by atoms with Crippen molar-refractivity contribution in [2.45, 2.75) is 19.4 Å². The number of aryl methyl sites for hydroxylation is 1. The van der Waals surface area contributed by atoms with Crippen LogP contribution in [0.15, 0.2) is 12.1 Å². The van der Waals surface area contributed by atoms with Gasteiger partial charge in [-0.25, -0.2) is 13.8 Å². The van der Waals surface area contributed by atoms with Gasteiger partial charge in [-0.3, -0.25) is 0 Å². The van der Waals surface area contributed by atoms with Crippen LogP contribution >= 0.6 is 0 Å². The van der Waals surface area contributed by atoms with Crippen LogP contribution in [0.5, 0.6) is 0 Å². The second-order valence-corrected chi connectivity index (χ2v) is 4.47. The van der Waals surface area contributed by atoms with Gasteiger partial charge in [0, 0.05) is 19.2 Å². The van der Waals surface area contributed by atoms with Gasteiger partial charge in [0.15, 0.2) is 5.82 Å². The number of hydrogen-bond acceptors (Lipinski definition) is 2. The maximum absolute atomic E-state index is 13.6. The molecular formula is C11H13F2N3. The molecule has 0 spiro atoms. The average Bonchev–Trinajstić information content (AvgIpc) is 2.41. The molecule has 1 heterocycles. The highest BCUT2D eigenvalue weighted by Gasteiger charge is 2.23. The molecule has 0 saturated carbocycles. The zero-order valence-corrected chi connectivity index (χ0v) is 9.38. The predicted molar refractivity (Wildman–Crippen MR) is 57.8 cm³/mol. The second-order valence-electron chi connectivity index (χ2n) is 4.47. The highest BCUT2D eigenvalue weighted by molar-refractivity contribution is 5.77. The van der Waals surface area contributed by atoms with E-state index in [0.29, 0.717) is 5.82 Å². The lowest BCUT2D eigenvalue weighted by atomic mass is 10.1. The summed E-state index contributed by atoms with van der Waals surface area (Å²) < 4.78 is 28.1. The van der Waals surface area contributed by atoms with Crippen LogP contribution in [0.4, 0.5) is 8.78 Å². The van der Waals surface area contributed by atoms with Gasteiger partial charge in [0.05, 0.1) is 11.1 Å². The summed E-state index contributed by atoms with van der Waals surface area (Å²) in [5.74, 6) is -0.739. The number of nitrogens with two attached hydrogens (primary N) is 1. The summed E-state index contributed by atoms with van der Waals surface area (Å²) >= 11 is 0. The third kappa shape index (κ3) is 1.57. The third-order valence-corrected chi connectivity index (χ3v) is 2.46. The zero-order chi connectivity index (χ0) is 12.1. The lowest BCUT2D eigenvalue weighted by molar-refractivity contribution is 0.496. The first kappa shape index (κ1) is 11.0. The Balaban J connectivity index is 2.83. The van der Waals surface area contributed by atoms with Crippen molar-refractivity contribution in [1.82, 2.24) is 9.55 Å². The fraction of sp³-hybridized carbons (Fsp3) is 0.364. The van der Waals surface area contributed by atoms with E-state index in [1.807, 2.05) is 0 Å². The van der Waals surface area contributed by atoms with E-state index >= 15 is 0 Å². The lowest BCUT2D eigenvalue weighted by Gasteiger charge is -2.17. The van der Waals surface area contributed by atoms with Crippen LogP contribution in [0, 0.1) is 11.6 Å². The summed E-state index contributed by atoms with van der Waals surface area (Å²) in [4.78, 5) is 4.16. The number of rotatable bonds is 1. The largest absolute Gasteiger partial charge is 0.327 e. The summed E-state index contributed by atoms with van der Waals surface area (Å²) in [6, 6.07) is 2.05. The summed E-state index contributed by atoms with van der Waals surface area (Å²) in [6.45, 7) is 3.53. The van der Waals surface area contributed by atoms with E-state index in [4.69, 9.17) is 5.73 Å². The van der Waals surface area contributed by atoms with Crippen LogP contribution in [-0.4, -0.2) is 9.55 Å². The lowest BCUT2D eigenvalue weighted by Crippen LogP contribution is -2.32. The molecule has 0 fully saturated rings. The van der Waals surface area contributed by atoms with Gasteiger partial charge in [-0.05, 0) is 13.8 Å². The summed E-state index contributed by atoms with van der Waals surface area (Å²) in [5, 5.41) is 0. The molecule has 1 aromatic heterocycles. The number of halogens is 2. The number of aromatic nitrogens is 2. The van der Waals surface area contributed by atoms with Gasteiger partial charge < -0.3 is 10.3 Å². The van der Waals surface area contributed by atoms with E-state index in [1.54, 1.807) is 25.5 Å². The van der Waals surface area contributed by atoms with Gasteiger partial charge in [-0.2, -0.15) is 0 Å². The maximum Gasteiger partial charge on any atom is 0.152 e. The summed E-state index contributed by atoms with van der Waals surface area (Å²) in [5.41, 5.74) is 5.77. The van der Waals surface area contributed by atoms with E-state index < -0.39 is 17.2 Å². The highest BCUT2D eigenvalue weighted by Crippen LogP contribution is 2.24. The SMILES string of the molecule is Cn1c(C(C)(C)N)nc2cc(F)cc(F)c21. The number of nitrogens with zero attached hydrogens (tertiary/aromatic N) is 2. The summed E-state index contributed by atoms with van der Waals surface area (Å²) in [7, 11) is 1.67. The molecule has 1 aromatic carbocycles. The third-order valence-electron chi connectivity index (χ3n) is 2.46.